The molecule has 1 aromatic heterocycles. The minimum absolute atomic E-state index is 0.131. The van der Waals surface area contributed by atoms with Crippen molar-refractivity contribution < 1.29 is 14.3 Å². The van der Waals surface area contributed by atoms with Crippen molar-refractivity contribution in [3.63, 3.8) is 0 Å². The molecular weight excluding hydrogens is 446 g/mol. The third-order valence-corrected chi connectivity index (χ3v) is 4.45. The molecule has 0 atom stereocenters. The first-order valence-corrected chi connectivity index (χ1v) is 10.0. The quantitative estimate of drug-likeness (QED) is 0.224. The predicted molar refractivity (Wildman–Crippen MR) is 115 cm³/mol. The maximum absolute atomic E-state index is 6.22. The number of oxime groups is 1. The number of nitrogens with zero attached hydrogens (tertiary/aromatic N) is 2. The van der Waals surface area contributed by atoms with Gasteiger partial charge in [-0.3, -0.25) is 0 Å². The van der Waals surface area contributed by atoms with Crippen LogP contribution in [0.1, 0.15) is 18.5 Å². The lowest BCUT2D eigenvalue weighted by Gasteiger charge is -2.12. The van der Waals surface area contributed by atoms with Crippen LogP contribution in [0.25, 0.3) is 0 Å². The van der Waals surface area contributed by atoms with Gasteiger partial charge in [-0.15, -0.1) is 0 Å². The third kappa shape index (κ3) is 7.84. The van der Waals surface area contributed by atoms with Gasteiger partial charge in [0.1, 0.15) is 23.5 Å². The van der Waals surface area contributed by atoms with Gasteiger partial charge in [0, 0.05) is 25.4 Å². The van der Waals surface area contributed by atoms with Crippen molar-refractivity contribution in [1.82, 2.24) is 4.57 Å². The molecule has 0 N–H and O–H groups in total. The zero-order chi connectivity index (χ0) is 20.4. The van der Waals surface area contributed by atoms with E-state index in [0.29, 0.717) is 34.8 Å². The number of unbranched alkanes of at least 4 members (excludes halogenated alkanes) is 1. The van der Waals surface area contributed by atoms with Crippen LogP contribution in [0.3, 0.4) is 0 Å². The van der Waals surface area contributed by atoms with Crippen LogP contribution in [0.2, 0.25) is 10.0 Å². The van der Waals surface area contributed by atoms with Gasteiger partial charge in [0.2, 0.25) is 0 Å². The smallest absolute Gasteiger partial charge is 0.156 e. The Morgan fingerprint density at radius 1 is 1.11 bits per heavy atom. The average Bonchev–Trinajstić information content (AvgIpc) is 3.04. The highest BCUT2D eigenvalue weighted by molar-refractivity contribution is 6.55. The van der Waals surface area contributed by atoms with Crippen molar-refractivity contribution in [2.24, 2.45) is 12.2 Å². The van der Waals surface area contributed by atoms with Gasteiger partial charge in [0.25, 0.3) is 0 Å². The van der Waals surface area contributed by atoms with Crippen LogP contribution in [-0.2, 0) is 11.9 Å². The molecule has 0 spiro atoms. The van der Waals surface area contributed by atoms with Crippen molar-refractivity contribution in [1.29, 1.82) is 0 Å². The van der Waals surface area contributed by atoms with E-state index >= 15 is 0 Å². The van der Waals surface area contributed by atoms with Crippen molar-refractivity contribution in [3.05, 3.63) is 56.8 Å². The van der Waals surface area contributed by atoms with E-state index in [1.807, 2.05) is 29.9 Å². The van der Waals surface area contributed by atoms with Crippen molar-refractivity contribution in [2.75, 3.05) is 19.8 Å². The molecule has 0 bridgehead atoms. The molecule has 0 aliphatic carbocycles. The maximum atomic E-state index is 6.22. The van der Waals surface area contributed by atoms with Crippen LogP contribution in [-0.4, -0.2) is 30.6 Å². The Balaban J connectivity index is 1.69. The summed E-state index contributed by atoms with van der Waals surface area (Å²) in [6, 6.07) is 7.15. The topological polar surface area (TPSA) is 45.0 Å². The highest BCUT2D eigenvalue weighted by Crippen LogP contribution is 2.37. The molecule has 0 fully saturated rings. The fraction of sp³-hybridized carbons (Fsp3) is 0.316. The summed E-state index contributed by atoms with van der Waals surface area (Å²) in [6.45, 7) is 1.16. The Morgan fingerprint density at radius 3 is 2.46 bits per heavy atom. The number of aryl methyl sites for hydroxylation is 1. The van der Waals surface area contributed by atoms with Gasteiger partial charge in [-0.25, -0.2) is 0 Å². The normalized spacial score (nSPS) is 10.9. The first kappa shape index (κ1) is 22.8. The SMILES string of the molecule is Cn1cccc1C=NOCCCCOc1c(Cl)cc(OCC=C(Cl)Cl)cc1Cl. The zero-order valence-corrected chi connectivity index (χ0v) is 18.2. The molecule has 0 amide bonds. The summed E-state index contributed by atoms with van der Waals surface area (Å²) in [5, 5.41) is 4.68. The molecule has 0 unspecified atom stereocenters. The Bertz CT molecular complexity index is 794. The molecule has 9 heteroatoms. The molecule has 0 saturated heterocycles. The van der Waals surface area contributed by atoms with Crippen LogP contribution >= 0.6 is 46.4 Å². The molecule has 5 nitrogen and oxygen atoms in total. The Kier molecular flexibility index (Phi) is 9.85. The summed E-state index contributed by atoms with van der Waals surface area (Å²) in [5.41, 5.74) is 0.974. The number of rotatable bonds is 11. The molecule has 0 aliphatic rings. The van der Waals surface area contributed by atoms with E-state index in [4.69, 9.17) is 60.7 Å². The average molecular weight is 466 g/mol. The van der Waals surface area contributed by atoms with Gasteiger partial charge in [0.05, 0.1) is 28.6 Å². The highest BCUT2D eigenvalue weighted by atomic mass is 35.5. The second-order valence-electron chi connectivity index (χ2n) is 5.69. The van der Waals surface area contributed by atoms with Gasteiger partial charge < -0.3 is 18.9 Å². The van der Waals surface area contributed by atoms with E-state index in [2.05, 4.69) is 5.16 Å². The summed E-state index contributed by atoms with van der Waals surface area (Å²) in [4.78, 5) is 5.24. The van der Waals surface area contributed by atoms with Crippen LogP contribution in [0.5, 0.6) is 11.5 Å². The summed E-state index contributed by atoms with van der Waals surface area (Å²) in [5.74, 6) is 0.918. The van der Waals surface area contributed by atoms with Crippen LogP contribution in [0.15, 0.2) is 46.2 Å². The van der Waals surface area contributed by atoms with Crippen LogP contribution in [0.4, 0.5) is 0 Å². The minimum atomic E-state index is 0.131. The molecule has 28 heavy (non-hydrogen) atoms. The standard InChI is InChI=1S/C19H20Cl4N2O3/c1-25-7-4-5-14(25)13-24-28-9-3-2-8-27-19-16(20)11-15(12-17(19)21)26-10-6-18(22)23/h4-7,11-13H,2-3,8-10H2,1H3. The number of aromatic nitrogens is 1. The third-order valence-electron chi connectivity index (χ3n) is 3.58. The predicted octanol–water partition coefficient (Wildman–Crippen LogP) is 6.24. The van der Waals surface area contributed by atoms with Gasteiger partial charge in [-0.2, -0.15) is 0 Å². The minimum Gasteiger partial charge on any atom is -0.490 e. The van der Waals surface area contributed by atoms with E-state index in [1.165, 1.54) is 6.08 Å². The molecule has 1 heterocycles. The maximum Gasteiger partial charge on any atom is 0.156 e. The molecule has 0 radical (unpaired) electrons. The molecular formula is C19H20Cl4N2O3. The number of halogens is 4. The summed E-state index contributed by atoms with van der Waals surface area (Å²) < 4.78 is 13.2. The van der Waals surface area contributed by atoms with E-state index in [1.54, 1.807) is 18.3 Å². The lowest BCUT2D eigenvalue weighted by Crippen LogP contribution is -2.01. The monoisotopic (exact) mass is 464 g/mol. The largest absolute Gasteiger partial charge is 0.490 e. The van der Waals surface area contributed by atoms with Crippen molar-refractivity contribution >= 4 is 52.6 Å². The van der Waals surface area contributed by atoms with Gasteiger partial charge >= 0.3 is 0 Å². The van der Waals surface area contributed by atoms with E-state index < -0.39 is 0 Å². The molecule has 0 saturated carbocycles. The van der Waals surface area contributed by atoms with Crippen LogP contribution < -0.4 is 9.47 Å². The van der Waals surface area contributed by atoms with Crippen molar-refractivity contribution in [3.8, 4) is 11.5 Å². The summed E-state index contributed by atoms with van der Waals surface area (Å²) in [6.07, 6.45) is 6.69. The highest BCUT2D eigenvalue weighted by Gasteiger charge is 2.10. The van der Waals surface area contributed by atoms with Gasteiger partial charge in [-0.1, -0.05) is 51.6 Å². The Labute approximate surface area is 184 Å². The second kappa shape index (κ2) is 12.1. The van der Waals surface area contributed by atoms with E-state index in [9.17, 15) is 0 Å². The first-order valence-electron chi connectivity index (χ1n) is 8.50. The molecule has 1 aromatic carbocycles. The molecule has 2 rings (SSSR count). The lowest BCUT2D eigenvalue weighted by atomic mass is 10.3. The zero-order valence-electron chi connectivity index (χ0n) is 15.2. The number of hydrogen-bond donors (Lipinski definition) is 0. The first-order chi connectivity index (χ1) is 13.5. The lowest BCUT2D eigenvalue weighted by molar-refractivity contribution is 0.137. The second-order valence-corrected chi connectivity index (χ2v) is 7.51. The number of benzene rings is 1. The van der Waals surface area contributed by atoms with Gasteiger partial charge in [-0.05, 0) is 31.1 Å². The number of hydrogen-bond acceptors (Lipinski definition) is 4. The molecule has 0 aliphatic heterocycles. The summed E-state index contributed by atoms with van der Waals surface area (Å²) in [7, 11) is 1.94. The van der Waals surface area contributed by atoms with Gasteiger partial charge in [0.15, 0.2) is 5.75 Å². The molecule has 2 aromatic rings. The Hall–Kier alpha value is -1.53. The summed E-state index contributed by atoms with van der Waals surface area (Å²) >= 11 is 23.5. The number of ether oxygens (including phenoxy) is 2. The molecule has 152 valence electrons. The van der Waals surface area contributed by atoms with Crippen LogP contribution in [0, 0.1) is 0 Å². The van der Waals surface area contributed by atoms with E-state index in [-0.39, 0.29) is 11.1 Å². The van der Waals surface area contributed by atoms with E-state index in [0.717, 1.165) is 18.5 Å². The van der Waals surface area contributed by atoms with Crippen molar-refractivity contribution in [2.45, 2.75) is 12.8 Å². The fourth-order valence-corrected chi connectivity index (χ4v) is 2.86. The Morgan fingerprint density at radius 2 is 1.82 bits per heavy atom. The fourth-order valence-electron chi connectivity index (χ4n) is 2.15.